The van der Waals surface area contributed by atoms with E-state index in [1.54, 1.807) is 6.82 Å². The molecule has 0 amide bonds. The van der Waals surface area contributed by atoms with Crippen molar-refractivity contribution in [2.24, 2.45) is 0 Å². The second-order valence-corrected chi connectivity index (χ2v) is 8.16. The van der Waals surface area contributed by atoms with Gasteiger partial charge in [-0.3, -0.25) is 0 Å². The predicted octanol–water partition coefficient (Wildman–Crippen LogP) is 4.39. The van der Waals surface area contributed by atoms with Crippen molar-refractivity contribution in [3.8, 4) is 0 Å². The second kappa shape index (κ2) is 10.9. The summed E-state index contributed by atoms with van der Waals surface area (Å²) in [5.41, 5.74) is 2.80. The molecule has 27 heavy (non-hydrogen) atoms. The number of para-hydroxylation sites is 1. The highest BCUT2D eigenvalue weighted by molar-refractivity contribution is 6.45. The monoisotopic (exact) mass is 369 g/mol. The summed E-state index contributed by atoms with van der Waals surface area (Å²) < 4.78 is 0. The number of unbranched alkanes of at least 4 members (excludes halogenated alkanes) is 5. The van der Waals surface area contributed by atoms with Crippen LogP contribution in [0.5, 0.6) is 0 Å². The Hall–Kier alpha value is -1.30. The third kappa shape index (κ3) is 6.37. The lowest BCUT2D eigenvalue weighted by Crippen LogP contribution is -2.33. The molecule has 0 aliphatic carbocycles. The molecule has 5 heteroatoms. The molecule has 1 saturated heterocycles. The zero-order chi connectivity index (χ0) is 18.9. The van der Waals surface area contributed by atoms with Crippen molar-refractivity contribution in [2.75, 3.05) is 26.2 Å². The number of hydrogen-bond acceptors (Lipinski definition) is 3. The summed E-state index contributed by atoms with van der Waals surface area (Å²) in [5.74, 6) is 0.715. The van der Waals surface area contributed by atoms with Gasteiger partial charge in [0.15, 0.2) is 0 Å². The van der Waals surface area contributed by atoms with Crippen LogP contribution in [0.4, 0.5) is 0 Å². The molecule has 1 fully saturated rings. The van der Waals surface area contributed by atoms with Crippen molar-refractivity contribution in [3.63, 3.8) is 0 Å². The van der Waals surface area contributed by atoms with E-state index < -0.39 is 0 Å². The van der Waals surface area contributed by atoms with Crippen molar-refractivity contribution in [1.82, 2.24) is 15.1 Å². The number of benzene rings is 1. The van der Waals surface area contributed by atoms with Gasteiger partial charge in [-0.1, -0.05) is 43.9 Å². The summed E-state index contributed by atoms with van der Waals surface area (Å²) in [6, 6.07) is 8.70. The van der Waals surface area contributed by atoms with Crippen molar-refractivity contribution >= 4 is 18.0 Å². The van der Waals surface area contributed by atoms with Crippen LogP contribution in [0.25, 0.3) is 10.9 Å². The third-order valence-electron chi connectivity index (χ3n) is 5.99. The van der Waals surface area contributed by atoms with Crippen LogP contribution in [0.2, 0.25) is 6.82 Å². The highest BCUT2D eigenvalue weighted by Gasteiger charge is 2.22. The molecular weight excluding hydrogens is 333 g/mol. The standard InChI is InChI=1S/C22H36BN3O/c1-23(27)25-14-8-4-2-3-5-9-15-26-16-12-19(13-17-26)21-18-24-22-11-7-6-10-20(21)22/h6-7,10-11,18-19,24-25,27H,2-5,8-9,12-17H2,1H3. The van der Waals surface area contributed by atoms with Crippen LogP contribution in [0.1, 0.15) is 62.8 Å². The number of likely N-dealkylation sites (tertiary alicyclic amines) is 1. The normalized spacial score (nSPS) is 16.2. The first-order valence-corrected chi connectivity index (χ1v) is 10.9. The Bertz CT molecular complexity index is 664. The Labute approximate surface area is 164 Å². The molecule has 148 valence electrons. The van der Waals surface area contributed by atoms with Gasteiger partial charge in [0.05, 0.1) is 0 Å². The van der Waals surface area contributed by atoms with Crippen LogP contribution in [-0.2, 0) is 0 Å². The lowest BCUT2D eigenvalue weighted by Gasteiger charge is -2.32. The molecule has 0 spiro atoms. The Morgan fingerprint density at radius 3 is 2.56 bits per heavy atom. The zero-order valence-corrected chi connectivity index (χ0v) is 16.9. The fourth-order valence-electron chi connectivity index (χ4n) is 4.38. The largest absolute Gasteiger partial charge is 0.437 e. The molecule has 0 radical (unpaired) electrons. The number of piperidine rings is 1. The van der Waals surface area contributed by atoms with Crippen LogP contribution < -0.4 is 5.23 Å². The minimum atomic E-state index is -0.370. The molecule has 1 aromatic carbocycles. The van der Waals surface area contributed by atoms with Gasteiger partial charge in [0.25, 0.3) is 0 Å². The second-order valence-electron chi connectivity index (χ2n) is 8.16. The molecule has 3 N–H and O–H groups in total. The molecule has 1 aromatic heterocycles. The van der Waals surface area contributed by atoms with Gasteiger partial charge >= 0.3 is 7.05 Å². The SMILES string of the molecule is CB(O)NCCCCCCCCN1CCC(c2c[nH]c3ccccc23)CC1. The van der Waals surface area contributed by atoms with E-state index in [1.807, 2.05) is 0 Å². The van der Waals surface area contributed by atoms with Crippen molar-refractivity contribution in [3.05, 3.63) is 36.0 Å². The molecule has 1 aliphatic rings. The van der Waals surface area contributed by atoms with Gasteiger partial charge in [-0.05, 0) is 76.2 Å². The van der Waals surface area contributed by atoms with Crippen molar-refractivity contribution in [1.29, 1.82) is 0 Å². The predicted molar refractivity (Wildman–Crippen MR) is 116 cm³/mol. The lowest BCUT2D eigenvalue weighted by atomic mass is 9.89. The van der Waals surface area contributed by atoms with E-state index in [9.17, 15) is 0 Å². The Morgan fingerprint density at radius 1 is 1.07 bits per heavy atom. The number of hydrogen-bond donors (Lipinski definition) is 3. The van der Waals surface area contributed by atoms with Crippen molar-refractivity contribution in [2.45, 2.75) is 64.1 Å². The van der Waals surface area contributed by atoms with Crippen molar-refractivity contribution < 1.29 is 5.02 Å². The van der Waals surface area contributed by atoms with Crippen LogP contribution >= 0.6 is 0 Å². The number of aromatic amines is 1. The van der Waals surface area contributed by atoms with E-state index >= 15 is 0 Å². The van der Waals surface area contributed by atoms with E-state index in [4.69, 9.17) is 5.02 Å². The quantitative estimate of drug-likeness (QED) is 0.407. The molecule has 0 saturated carbocycles. The van der Waals surface area contributed by atoms with E-state index in [1.165, 1.54) is 87.5 Å². The number of nitrogens with zero attached hydrogens (tertiary/aromatic N) is 1. The van der Waals surface area contributed by atoms with E-state index in [0.717, 1.165) is 6.54 Å². The fraction of sp³-hybridized carbons (Fsp3) is 0.636. The van der Waals surface area contributed by atoms with E-state index in [2.05, 4.69) is 45.6 Å². The Balaban J connectivity index is 1.26. The fourth-order valence-corrected chi connectivity index (χ4v) is 4.38. The molecule has 2 aromatic rings. The highest BCUT2D eigenvalue weighted by Crippen LogP contribution is 2.33. The van der Waals surface area contributed by atoms with Crippen LogP contribution in [0.15, 0.2) is 30.5 Å². The Morgan fingerprint density at radius 2 is 1.78 bits per heavy atom. The number of fused-ring (bicyclic) bond motifs is 1. The maximum absolute atomic E-state index is 9.15. The topological polar surface area (TPSA) is 51.3 Å². The summed E-state index contributed by atoms with van der Waals surface area (Å²) in [7, 11) is -0.370. The van der Waals surface area contributed by atoms with E-state index in [-0.39, 0.29) is 7.05 Å². The van der Waals surface area contributed by atoms with Gasteiger partial charge in [0.1, 0.15) is 0 Å². The molecule has 2 heterocycles. The van der Waals surface area contributed by atoms with Gasteiger partial charge in [-0.2, -0.15) is 0 Å². The van der Waals surface area contributed by atoms with Crippen LogP contribution in [-0.4, -0.2) is 48.1 Å². The minimum absolute atomic E-state index is 0.370. The summed E-state index contributed by atoms with van der Waals surface area (Å²) in [6.45, 7) is 6.47. The summed E-state index contributed by atoms with van der Waals surface area (Å²) in [4.78, 5) is 6.10. The maximum Gasteiger partial charge on any atom is 0.373 e. The van der Waals surface area contributed by atoms with Gasteiger partial charge < -0.3 is 20.1 Å². The van der Waals surface area contributed by atoms with Crippen LogP contribution in [0, 0.1) is 0 Å². The number of rotatable bonds is 11. The highest BCUT2D eigenvalue weighted by atomic mass is 16.2. The van der Waals surface area contributed by atoms with E-state index in [0.29, 0.717) is 5.92 Å². The van der Waals surface area contributed by atoms with Gasteiger partial charge in [0, 0.05) is 17.1 Å². The average molecular weight is 369 g/mol. The van der Waals surface area contributed by atoms with Gasteiger partial charge in [-0.25, -0.2) is 0 Å². The third-order valence-corrected chi connectivity index (χ3v) is 5.99. The smallest absolute Gasteiger partial charge is 0.373 e. The molecular formula is C22H36BN3O. The molecule has 0 bridgehead atoms. The number of H-pyrrole nitrogens is 1. The first-order valence-electron chi connectivity index (χ1n) is 10.9. The number of aromatic nitrogens is 1. The van der Waals surface area contributed by atoms with Gasteiger partial charge in [0.2, 0.25) is 0 Å². The summed E-state index contributed by atoms with van der Waals surface area (Å²) >= 11 is 0. The molecule has 1 aliphatic heterocycles. The molecule has 3 rings (SSSR count). The zero-order valence-electron chi connectivity index (χ0n) is 16.9. The first-order chi connectivity index (χ1) is 13.2. The Kier molecular flexibility index (Phi) is 8.24. The molecule has 0 atom stereocenters. The first kappa shape index (κ1) is 20.4. The molecule has 0 unspecified atom stereocenters. The summed E-state index contributed by atoms with van der Waals surface area (Å²) in [6.07, 6.45) is 12.6. The maximum atomic E-state index is 9.15. The molecule has 4 nitrogen and oxygen atoms in total. The number of nitrogens with one attached hydrogen (secondary N) is 2. The van der Waals surface area contributed by atoms with Gasteiger partial charge in [-0.15, -0.1) is 0 Å². The van der Waals surface area contributed by atoms with Crippen LogP contribution in [0.3, 0.4) is 0 Å². The minimum Gasteiger partial charge on any atom is -0.437 e. The average Bonchev–Trinajstić information content (AvgIpc) is 3.11. The lowest BCUT2D eigenvalue weighted by molar-refractivity contribution is 0.208. The summed E-state index contributed by atoms with van der Waals surface area (Å²) in [5, 5.41) is 13.6.